The second-order valence-corrected chi connectivity index (χ2v) is 3.69. The Kier molecular flexibility index (Phi) is 5.34. The number of benzene rings is 1. The van der Waals surface area contributed by atoms with Gasteiger partial charge in [0.1, 0.15) is 0 Å². The zero-order chi connectivity index (χ0) is 9.52. The molecule has 1 aromatic carbocycles. The van der Waals surface area contributed by atoms with E-state index in [-0.39, 0.29) is 6.10 Å². The van der Waals surface area contributed by atoms with Gasteiger partial charge in [-0.05, 0) is 5.56 Å². The third kappa shape index (κ3) is 4.59. The van der Waals surface area contributed by atoms with Crippen LogP contribution >= 0.6 is 22.6 Å². The number of rotatable bonds is 5. The maximum Gasteiger partial charge on any atom is 0.0862 e. The van der Waals surface area contributed by atoms with Crippen LogP contribution in [-0.4, -0.2) is 22.2 Å². The second-order valence-electron chi connectivity index (χ2n) is 2.81. The lowest BCUT2D eigenvalue weighted by molar-refractivity contribution is 0.0411. The first-order valence-electron chi connectivity index (χ1n) is 4.18. The van der Waals surface area contributed by atoms with Crippen LogP contribution in [0.2, 0.25) is 0 Å². The molecular formula is C10H13IO2. The summed E-state index contributed by atoms with van der Waals surface area (Å²) in [6.07, 6.45) is -0.343. The summed E-state index contributed by atoms with van der Waals surface area (Å²) in [5.41, 5.74) is 1.14. The molecule has 1 atom stereocenters. The number of halogens is 1. The minimum atomic E-state index is -0.343. The van der Waals surface area contributed by atoms with Crippen LogP contribution < -0.4 is 0 Å². The van der Waals surface area contributed by atoms with E-state index in [1.54, 1.807) is 0 Å². The number of alkyl halides is 1. The second kappa shape index (κ2) is 6.34. The standard InChI is InChI=1S/C10H13IO2/c11-6-10(12)8-13-7-9-4-2-1-3-5-9/h1-5,10,12H,6-8H2/t10-/m1/s1. The van der Waals surface area contributed by atoms with E-state index in [1.165, 1.54) is 0 Å². The highest BCUT2D eigenvalue weighted by Crippen LogP contribution is 2.01. The van der Waals surface area contributed by atoms with Crippen molar-refractivity contribution in [2.75, 3.05) is 11.0 Å². The lowest BCUT2D eigenvalue weighted by Crippen LogP contribution is -2.16. The molecule has 0 aromatic heterocycles. The van der Waals surface area contributed by atoms with E-state index in [0.717, 1.165) is 5.56 Å². The minimum absolute atomic E-state index is 0.343. The fourth-order valence-electron chi connectivity index (χ4n) is 0.932. The molecule has 1 rings (SSSR count). The van der Waals surface area contributed by atoms with Gasteiger partial charge in [-0.3, -0.25) is 0 Å². The van der Waals surface area contributed by atoms with Gasteiger partial charge in [0.2, 0.25) is 0 Å². The molecule has 3 heteroatoms. The monoisotopic (exact) mass is 292 g/mol. The normalized spacial score (nSPS) is 12.8. The zero-order valence-electron chi connectivity index (χ0n) is 7.32. The summed E-state index contributed by atoms with van der Waals surface area (Å²) in [6.45, 7) is 0.992. The van der Waals surface area contributed by atoms with Gasteiger partial charge in [-0.15, -0.1) is 0 Å². The summed E-state index contributed by atoms with van der Waals surface area (Å²) in [6, 6.07) is 9.96. The summed E-state index contributed by atoms with van der Waals surface area (Å²) >= 11 is 2.14. The van der Waals surface area contributed by atoms with Crippen molar-refractivity contribution in [3.05, 3.63) is 35.9 Å². The Morgan fingerprint density at radius 1 is 1.31 bits per heavy atom. The summed E-state index contributed by atoms with van der Waals surface area (Å²) in [5, 5.41) is 9.20. The van der Waals surface area contributed by atoms with Gasteiger partial charge in [-0.25, -0.2) is 0 Å². The quantitative estimate of drug-likeness (QED) is 0.664. The van der Waals surface area contributed by atoms with E-state index in [9.17, 15) is 5.11 Å². The van der Waals surface area contributed by atoms with Gasteiger partial charge in [0.25, 0.3) is 0 Å². The first-order chi connectivity index (χ1) is 6.33. The molecule has 0 spiro atoms. The summed E-state index contributed by atoms with van der Waals surface area (Å²) < 4.78 is 6.03. The first-order valence-corrected chi connectivity index (χ1v) is 5.71. The highest BCUT2D eigenvalue weighted by atomic mass is 127. The molecule has 0 saturated heterocycles. The number of hydrogen-bond donors (Lipinski definition) is 1. The Hall–Kier alpha value is -0.130. The predicted octanol–water partition coefficient (Wildman–Crippen LogP) is 2.00. The number of ether oxygens (including phenoxy) is 1. The maximum atomic E-state index is 9.20. The van der Waals surface area contributed by atoms with Gasteiger partial charge in [0, 0.05) is 4.43 Å². The first kappa shape index (κ1) is 10.9. The summed E-state index contributed by atoms with van der Waals surface area (Å²) in [5.74, 6) is 0. The molecule has 0 fully saturated rings. The SMILES string of the molecule is O[C@H](CI)COCc1ccccc1. The van der Waals surface area contributed by atoms with Crippen molar-refractivity contribution >= 4 is 22.6 Å². The van der Waals surface area contributed by atoms with Crippen molar-refractivity contribution in [3.63, 3.8) is 0 Å². The van der Waals surface area contributed by atoms with E-state index < -0.39 is 0 Å². The molecule has 0 radical (unpaired) electrons. The van der Waals surface area contributed by atoms with Crippen LogP contribution in [0.25, 0.3) is 0 Å². The Balaban J connectivity index is 2.20. The number of aliphatic hydroxyl groups excluding tert-OH is 1. The van der Waals surface area contributed by atoms with Crippen molar-refractivity contribution in [1.82, 2.24) is 0 Å². The third-order valence-corrected chi connectivity index (χ3v) is 2.62. The van der Waals surface area contributed by atoms with Crippen molar-refractivity contribution in [2.24, 2.45) is 0 Å². The summed E-state index contributed by atoms with van der Waals surface area (Å²) in [4.78, 5) is 0. The molecule has 0 aliphatic heterocycles. The van der Waals surface area contributed by atoms with E-state index in [0.29, 0.717) is 17.6 Å². The van der Waals surface area contributed by atoms with Crippen molar-refractivity contribution < 1.29 is 9.84 Å². The number of aliphatic hydroxyl groups is 1. The molecule has 1 N–H and O–H groups in total. The minimum Gasteiger partial charge on any atom is -0.390 e. The molecular weight excluding hydrogens is 279 g/mol. The fraction of sp³-hybridized carbons (Fsp3) is 0.400. The molecule has 1 aromatic rings. The van der Waals surface area contributed by atoms with Crippen LogP contribution in [0.3, 0.4) is 0 Å². The van der Waals surface area contributed by atoms with Crippen LogP contribution in [0.1, 0.15) is 5.56 Å². The highest BCUT2D eigenvalue weighted by Gasteiger charge is 2.00. The fourth-order valence-corrected chi connectivity index (χ4v) is 1.19. The Morgan fingerprint density at radius 2 is 2.00 bits per heavy atom. The van der Waals surface area contributed by atoms with E-state index in [4.69, 9.17) is 4.74 Å². The zero-order valence-corrected chi connectivity index (χ0v) is 9.48. The van der Waals surface area contributed by atoms with Crippen LogP contribution in [0.5, 0.6) is 0 Å². The molecule has 0 heterocycles. The predicted molar refractivity (Wildman–Crippen MR) is 61.0 cm³/mol. The van der Waals surface area contributed by atoms with Gasteiger partial charge in [-0.1, -0.05) is 52.9 Å². The average Bonchev–Trinajstić information content (AvgIpc) is 2.19. The number of hydrogen-bond acceptors (Lipinski definition) is 2. The topological polar surface area (TPSA) is 29.5 Å². The molecule has 0 amide bonds. The van der Waals surface area contributed by atoms with Crippen LogP contribution in [-0.2, 0) is 11.3 Å². The summed E-state index contributed by atoms with van der Waals surface area (Å²) in [7, 11) is 0. The maximum absolute atomic E-state index is 9.20. The van der Waals surface area contributed by atoms with Crippen molar-refractivity contribution in [1.29, 1.82) is 0 Å². The highest BCUT2D eigenvalue weighted by molar-refractivity contribution is 14.1. The van der Waals surface area contributed by atoms with Gasteiger partial charge in [0.05, 0.1) is 19.3 Å². The molecule has 13 heavy (non-hydrogen) atoms. The van der Waals surface area contributed by atoms with Crippen LogP contribution in [0.4, 0.5) is 0 Å². The lowest BCUT2D eigenvalue weighted by Gasteiger charge is -2.07. The molecule has 72 valence electrons. The molecule has 2 nitrogen and oxygen atoms in total. The van der Waals surface area contributed by atoms with E-state index in [1.807, 2.05) is 30.3 Å². The van der Waals surface area contributed by atoms with Crippen LogP contribution in [0, 0.1) is 0 Å². The molecule has 0 bridgehead atoms. The van der Waals surface area contributed by atoms with Gasteiger partial charge in [-0.2, -0.15) is 0 Å². The lowest BCUT2D eigenvalue weighted by atomic mass is 10.2. The van der Waals surface area contributed by atoms with Crippen molar-refractivity contribution in [3.8, 4) is 0 Å². The van der Waals surface area contributed by atoms with Crippen molar-refractivity contribution in [2.45, 2.75) is 12.7 Å². The Bertz CT molecular complexity index is 226. The van der Waals surface area contributed by atoms with Gasteiger partial charge in [0.15, 0.2) is 0 Å². The molecule has 0 aliphatic rings. The Morgan fingerprint density at radius 3 is 2.62 bits per heavy atom. The largest absolute Gasteiger partial charge is 0.390 e. The smallest absolute Gasteiger partial charge is 0.0862 e. The molecule has 0 unspecified atom stereocenters. The Labute approximate surface area is 92.1 Å². The van der Waals surface area contributed by atoms with E-state index >= 15 is 0 Å². The average molecular weight is 292 g/mol. The molecule has 0 aliphatic carbocycles. The van der Waals surface area contributed by atoms with E-state index in [2.05, 4.69) is 22.6 Å². The molecule has 0 saturated carbocycles. The third-order valence-electron chi connectivity index (χ3n) is 1.60. The van der Waals surface area contributed by atoms with Gasteiger partial charge >= 0.3 is 0 Å². The van der Waals surface area contributed by atoms with Crippen LogP contribution in [0.15, 0.2) is 30.3 Å². The van der Waals surface area contributed by atoms with Gasteiger partial charge < -0.3 is 9.84 Å².